The first-order chi connectivity index (χ1) is 7.56. The number of hydrogen-bond acceptors (Lipinski definition) is 3. The predicted molar refractivity (Wildman–Crippen MR) is 68.2 cm³/mol. The Bertz CT molecular complexity index is 308. The lowest BCUT2D eigenvalue weighted by Gasteiger charge is -2.32. The van der Waals surface area contributed by atoms with E-state index < -0.39 is 0 Å². The fraction of sp³-hybridized carbons (Fsp3) is 0.538. The van der Waals surface area contributed by atoms with Crippen molar-refractivity contribution in [3.63, 3.8) is 0 Å². The normalized spacial score (nSPS) is 13.4. The first-order valence-electron chi connectivity index (χ1n) is 5.78. The molecule has 1 aromatic rings. The van der Waals surface area contributed by atoms with Crippen LogP contribution in [0.2, 0.25) is 0 Å². The minimum atomic E-state index is 0.192. The van der Waals surface area contributed by atoms with E-state index in [2.05, 4.69) is 25.7 Å². The molecule has 0 aliphatic carbocycles. The summed E-state index contributed by atoms with van der Waals surface area (Å²) in [5.74, 6) is 0. The Hall–Kier alpha value is -1.06. The zero-order valence-electron chi connectivity index (χ0n) is 10.4. The highest BCUT2D eigenvalue weighted by Crippen LogP contribution is 2.22. The van der Waals surface area contributed by atoms with Crippen LogP contribution < -0.4 is 5.73 Å². The standard InChI is InChI=1S/C13H22N2O/c1-10(2)15(8-9-16)11(3)12-4-6-13(14)7-5-12/h4-7,10-11,16H,8-9,14H2,1-3H3. The fourth-order valence-electron chi connectivity index (χ4n) is 1.98. The van der Waals surface area contributed by atoms with Gasteiger partial charge in [0.15, 0.2) is 0 Å². The van der Waals surface area contributed by atoms with Gasteiger partial charge in [0, 0.05) is 24.3 Å². The molecule has 3 nitrogen and oxygen atoms in total. The minimum absolute atomic E-state index is 0.192. The Labute approximate surface area is 97.9 Å². The summed E-state index contributed by atoms with van der Waals surface area (Å²) in [6, 6.07) is 8.65. The van der Waals surface area contributed by atoms with E-state index in [1.54, 1.807) is 0 Å². The molecule has 0 heterocycles. The van der Waals surface area contributed by atoms with Crippen LogP contribution in [0.4, 0.5) is 5.69 Å². The maximum absolute atomic E-state index is 9.06. The van der Waals surface area contributed by atoms with E-state index in [1.807, 2.05) is 24.3 Å². The first-order valence-corrected chi connectivity index (χ1v) is 5.78. The van der Waals surface area contributed by atoms with Gasteiger partial charge in [-0.1, -0.05) is 12.1 Å². The van der Waals surface area contributed by atoms with Crippen molar-refractivity contribution in [2.45, 2.75) is 32.9 Å². The molecule has 90 valence electrons. The number of rotatable bonds is 5. The van der Waals surface area contributed by atoms with Crippen LogP contribution in [0, 0.1) is 0 Å². The zero-order chi connectivity index (χ0) is 12.1. The molecule has 0 saturated heterocycles. The summed E-state index contributed by atoms with van der Waals surface area (Å²) >= 11 is 0. The van der Waals surface area contributed by atoms with Crippen molar-refractivity contribution < 1.29 is 5.11 Å². The first kappa shape index (κ1) is 13.0. The monoisotopic (exact) mass is 222 g/mol. The molecule has 0 spiro atoms. The molecule has 0 aliphatic rings. The summed E-state index contributed by atoms with van der Waals surface area (Å²) in [4.78, 5) is 2.27. The molecule has 0 bridgehead atoms. The van der Waals surface area contributed by atoms with Crippen LogP contribution in [0.3, 0.4) is 0 Å². The molecule has 0 amide bonds. The Morgan fingerprint density at radius 2 is 1.75 bits per heavy atom. The Balaban J connectivity index is 2.81. The van der Waals surface area contributed by atoms with E-state index in [9.17, 15) is 0 Å². The number of nitrogens with two attached hydrogens (primary N) is 1. The minimum Gasteiger partial charge on any atom is -0.399 e. The summed E-state index contributed by atoms with van der Waals surface area (Å²) in [5.41, 5.74) is 7.69. The van der Waals surface area contributed by atoms with Gasteiger partial charge >= 0.3 is 0 Å². The lowest BCUT2D eigenvalue weighted by Crippen LogP contribution is -2.35. The molecule has 1 atom stereocenters. The molecule has 0 aliphatic heterocycles. The van der Waals surface area contributed by atoms with Crippen LogP contribution >= 0.6 is 0 Å². The summed E-state index contributed by atoms with van der Waals surface area (Å²) in [5, 5.41) is 9.06. The third-order valence-electron chi connectivity index (χ3n) is 2.94. The van der Waals surface area contributed by atoms with Crippen LogP contribution in [0.5, 0.6) is 0 Å². The number of nitrogen functional groups attached to an aromatic ring is 1. The van der Waals surface area contributed by atoms with E-state index in [0.29, 0.717) is 18.6 Å². The van der Waals surface area contributed by atoms with Gasteiger partial charge in [-0.05, 0) is 38.5 Å². The van der Waals surface area contributed by atoms with Gasteiger partial charge in [-0.25, -0.2) is 0 Å². The second-order valence-electron chi connectivity index (χ2n) is 4.40. The molecule has 0 radical (unpaired) electrons. The lowest BCUT2D eigenvalue weighted by molar-refractivity contribution is 0.126. The molecule has 3 N–H and O–H groups in total. The molecule has 0 saturated carbocycles. The third-order valence-corrected chi connectivity index (χ3v) is 2.94. The summed E-state index contributed by atoms with van der Waals surface area (Å²) in [6.45, 7) is 7.33. The number of aliphatic hydroxyl groups is 1. The predicted octanol–water partition coefficient (Wildman–Crippen LogP) is 2.03. The smallest absolute Gasteiger partial charge is 0.0558 e. The van der Waals surface area contributed by atoms with Gasteiger partial charge < -0.3 is 10.8 Å². The van der Waals surface area contributed by atoms with Gasteiger partial charge in [-0.2, -0.15) is 0 Å². The quantitative estimate of drug-likeness (QED) is 0.749. The van der Waals surface area contributed by atoms with Crippen molar-refractivity contribution in [2.24, 2.45) is 0 Å². The van der Waals surface area contributed by atoms with Gasteiger partial charge in [-0.3, -0.25) is 4.90 Å². The van der Waals surface area contributed by atoms with Gasteiger partial charge in [-0.15, -0.1) is 0 Å². The fourth-order valence-corrected chi connectivity index (χ4v) is 1.98. The SMILES string of the molecule is CC(C)N(CCO)C(C)c1ccc(N)cc1. The van der Waals surface area contributed by atoms with Crippen molar-refractivity contribution in [3.8, 4) is 0 Å². The molecule has 1 aromatic carbocycles. The van der Waals surface area contributed by atoms with Crippen LogP contribution in [-0.2, 0) is 0 Å². The zero-order valence-corrected chi connectivity index (χ0v) is 10.4. The molecular weight excluding hydrogens is 200 g/mol. The Morgan fingerprint density at radius 3 is 2.19 bits per heavy atom. The van der Waals surface area contributed by atoms with Crippen molar-refractivity contribution in [1.82, 2.24) is 4.90 Å². The van der Waals surface area contributed by atoms with Crippen molar-refractivity contribution >= 4 is 5.69 Å². The highest BCUT2D eigenvalue weighted by atomic mass is 16.3. The van der Waals surface area contributed by atoms with Crippen LogP contribution in [0.25, 0.3) is 0 Å². The van der Waals surface area contributed by atoms with Crippen molar-refractivity contribution in [3.05, 3.63) is 29.8 Å². The lowest BCUT2D eigenvalue weighted by atomic mass is 10.1. The maximum atomic E-state index is 9.06. The van der Waals surface area contributed by atoms with Crippen molar-refractivity contribution in [2.75, 3.05) is 18.9 Å². The topological polar surface area (TPSA) is 49.5 Å². The Kier molecular flexibility index (Phi) is 4.77. The average molecular weight is 222 g/mol. The number of benzene rings is 1. The van der Waals surface area contributed by atoms with Crippen molar-refractivity contribution in [1.29, 1.82) is 0 Å². The Morgan fingerprint density at radius 1 is 1.19 bits per heavy atom. The summed E-state index contributed by atoms with van der Waals surface area (Å²) in [6.07, 6.45) is 0. The van der Waals surface area contributed by atoms with E-state index >= 15 is 0 Å². The molecule has 0 fully saturated rings. The van der Waals surface area contributed by atoms with E-state index in [4.69, 9.17) is 10.8 Å². The highest BCUT2D eigenvalue weighted by molar-refractivity contribution is 5.40. The second-order valence-corrected chi connectivity index (χ2v) is 4.40. The number of aliphatic hydroxyl groups excluding tert-OH is 1. The second kappa shape index (κ2) is 5.87. The molecule has 3 heteroatoms. The highest BCUT2D eigenvalue weighted by Gasteiger charge is 2.17. The summed E-state index contributed by atoms with van der Waals surface area (Å²) in [7, 11) is 0. The van der Waals surface area contributed by atoms with Gasteiger partial charge in [0.05, 0.1) is 6.61 Å². The van der Waals surface area contributed by atoms with Crippen LogP contribution in [0.15, 0.2) is 24.3 Å². The van der Waals surface area contributed by atoms with E-state index in [0.717, 1.165) is 5.69 Å². The van der Waals surface area contributed by atoms with Gasteiger partial charge in [0.2, 0.25) is 0 Å². The molecule has 16 heavy (non-hydrogen) atoms. The largest absolute Gasteiger partial charge is 0.399 e. The number of hydrogen-bond donors (Lipinski definition) is 2. The molecule has 0 aromatic heterocycles. The average Bonchev–Trinajstić information content (AvgIpc) is 2.25. The molecule has 1 unspecified atom stereocenters. The van der Waals surface area contributed by atoms with E-state index in [1.165, 1.54) is 5.56 Å². The number of anilines is 1. The third kappa shape index (κ3) is 3.22. The molecular formula is C13H22N2O. The van der Waals surface area contributed by atoms with Crippen LogP contribution in [0.1, 0.15) is 32.4 Å². The maximum Gasteiger partial charge on any atom is 0.0558 e. The van der Waals surface area contributed by atoms with E-state index in [-0.39, 0.29) is 6.61 Å². The van der Waals surface area contributed by atoms with Crippen LogP contribution in [-0.4, -0.2) is 29.2 Å². The summed E-state index contributed by atoms with van der Waals surface area (Å²) < 4.78 is 0. The molecule has 1 rings (SSSR count). The number of nitrogens with zero attached hydrogens (tertiary/aromatic N) is 1. The van der Waals surface area contributed by atoms with Gasteiger partial charge in [0.25, 0.3) is 0 Å². The van der Waals surface area contributed by atoms with Gasteiger partial charge in [0.1, 0.15) is 0 Å².